The maximum absolute atomic E-state index is 13.1. The van der Waals surface area contributed by atoms with Crippen molar-refractivity contribution in [2.45, 2.75) is 5.38 Å². The molecule has 0 saturated carbocycles. The van der Waals surface area contributed by atoms with Crippen LogP contribution in [-0.4, -0.2) is 0 Å². The summed E-state index contributed by atoms with van der Waals surface area (Å²) < 4.78 is 26.3. The molecule has 5 heteroatoms. The standard InChI is InChI=1S/C13H7Cl3F2/c14-8-1-2-12(15)11(5-8)13(16)7-3-9(17)6-10(18)4-7/h1-6,13H. The maximum Gasteiger partial charge on any atom is 0.126 e. The first-order valence-corrected chi connectivity index (χ1v) is 6.21. The summed E-state index contributed by atoms with van der Waals surface area (Å²) in [7, 11) is 0. The zero-order valence-corrected chi connectivity index (χ0v) is 11.2. The van der Waals surface area contributed by atoms with Gasteiger partial charge in [0.1, 0.15) is 11.6 Å². The van der Waals surface area contributed by atoms with E-state index in [-0.39, 0.29) is 0 Å². The lowest BCUT2D eigenvalue weighted by atomic mass is 10.0. The lowest BCUT2D eigenvalue weighted by molar-refractivity contribution is 0.580. The van der Waals surface area contributed by atoms with Crippen LogP contribution in [0.4, 0.5) is 8.78 Å². The molecule has 0 nitrogen and oxygen atoms in total. The predicted octanol–water partition coefficient (Wildman–Crippen LogP) is 5.60. The molecule has 0 fully saturated rings. The van der Waals surface area contributed by atoms with Crippen LogP contribution in [0.25, 0.3) is 0 Å². The van der Waals surface area contributed by atoms with Crippen LogP contribution in [0.15, 0.2) is 36.4 Å². The van der Waals surface area contributed by atoms with Crippen molar-refractivity contribution >= 4 is 34.8 Å². The summed E-state index contributed by atoms with van der Waals surface area (Å²) in [5.74, 6) is -1.37. The molecule has 2 aromatic rings. The van der Waals surface area contributed by atoms with E-state index in [1.165, 1.54) is 0 Å². The first kappa shape index (κ1) is 13.6. The molecule has 0 amide bonds. The van der Waals surface area contributed by atoms with E-state index in [0.29, 0.717) is 21.2 Å². The first-order valence-electron chi connectivity index (χ1n) is 5.02. The Morgan fingerprint density at radius 3 is 2.11 bits per heavy atom. The molecule has 0 aromatic heterocycles. The predicted molar refractivity (Wildman–Crippen MR) is 70.5 cm³/mol. The molecule has 0 bridgehead atoms. The van der Waals surface area contributed by atoms with Gasteiger partial charge in [-0.2, -0.15) is 0 Å². The van der Waals surface area contributed by atoms with Gasteiger partial charge in [0.2, 0.25) is 0 Å². The van der Waals surface area contributed by atoms with Gasteiger partial charge in [-0.3, -0.25) is 0 Å². The lowest BCUT2D eigenvalue weighted by Crippen LogP contribution is -1.96. The first-order chi connectivity index (χ1) is 8.47. The lowest BCUT2D eigenvalue weighted by Gasteiger charge is -2.13. The zero-order chi connectivity index (χ0) is 13.3. The van der Waals surface area contributed by atoms with Crippen LogP contribution in [0.1, 0.15) is 16.5 Å². The molecular formula is C13H7Cl3F2. The van der Waals surface area contributed by atoms with Gasteiger partial charge < -0.3 is 0 Å². The molecular weight excluding hydrogens is 300 g/mol. The van der Waals surface area contributed by atoms with E-state index in [0.717, 1.165) is 18.2 Å². The molecule has 0 aliphatic carbocycles. The SMILES string of the molecule is Fc1cc(F)cc(C(Cl)c2cc(Cl)ccc2Cl)c1. The van der Waals surface area contributed by atoms with Crippen LogP contribution >= 0.6 is 34.8 Å². The van der Waals surface area contributed by atoms with E-state index in [1.54, 1.807) is 18.2 Å². The Morgan fingerprint density at radius 1 is 0.889 bits per heavy atom. The van der Waals surface area contributed by atoms with E-state index in [4.69, 9.17) is 34.8 Å². The van der Waals surface area contributed by atoms with Crippen molar-refractivity contribution < 1.29 is 8.78 Å². The molecule has 0 aliphatic heterocycles. The van der Waals surface area contributed by atoms with Gasteiger partial charge in [0.05, 0.1) is 5.38 Å². The summed E-state index contributed by atoms with van der Waals surface area (Å²) in [6.07, 6.45) is 0. The van der Waals surface area contributed by atoms with Crippen LogP contribution in [0.3, 0.4) is 0 Å². The molecule has 2 rings (SSSR count). The molecule has 0 radical (unpaired) electrons. The third kappa shape index (κ3) is 2.94. The monoisotopic (exact) mass is 306 g/mol. The summed E-state index contributed by atoms with van der Waals surface area (Å²) >= 11 is 18.0. The number of halogens is 5. The zero-order valence-electron chi connectivity index (χ0n) is 8.93. The molecule has 1 unspecified atom stereocenters. The summed E-state index contributed by atoms with van der Waals surface area (Å²) in [6.45, 7) is 0. The second-order valence-electron chi connectivity index (χ2n) is 3.73. The van der Waals surface area contributed by atoms with Gasteiger partial charge in [-0.1, -0.05) is 23.2 Å². The minimum Gasteiger partial charge on any atom is -0.207 e. The number of benzene rings is 2. The molecule has 0 spiro atoms. The maximum atomic E-state index is 13.1. The second-order valence-corrected chi connectivity index (χ2v) is 5.01. The summed E-state index contributed by atoms with van der Waals surface area (Å²) in [6, 6.07) is 7.89. The largest absolute Gasteiger partial charge is 0.207 e. The number of rotatable bonds is 2. The molecule has 0 aliphatic rings. The molecule has 0 heterocycles. The third-order valence-electron chi connectivity index (χ3n) is 2.41. The van der Waals surface area contributed by atoms with E-state index < -0.39 is 17.0 Å². The van der Waals surface area contributed by atoms with Gasteiger partial charge in [0.25, 0.3) is 0 Å². The van der Waals surface area contributed by atoms with Gasteiger partial charge >= 0.3 is 0 Å². The fourth-order valence-corrected chi connectivity index (χ4v) is 2.38. The Kier molecular flexibility index (Phi) is 4.10. The topological polar surface area (TPSA) is 0 Å². The summed E-state index contributed by atoms with van der Waals surface area (Å²) in [4.78, 5) is 0. The molecule has 94 valence electrons. The normalized spacial score (nSPS) is 12.5. The quantitative estimate of drug-likeness (QED) is 0.633. The van der Waals surface area contributed by atoms with Crippen molar-refractivity contribution in [3.05, 3.63) is 69.2 Å². The average molecular weight is 308 g/mol. The highest BCUT2D eigenvalue weighted by molar-refractivity contribution is 6.35. The van der Waals surface area contributed by atoms with E-state index in [2.05, 4.69) is 0 Å². The Morgan fingerprint density at radius 2 is 1.50 bits per heavy atom. The minimum atomic E-state index is -0.763. The molecule has 0 N–H and O–H groups in total. The Balaban J connectivity index is 2.47. The van der Waals surface area contributed by atoms with Crippen molar-refractivity contribution in [3.8, 4) is 0 Å². The number of hydrogen-bond acceptors (Lipinski definition) is 0. The molecule has 2 aromatic carbocycles. The van der Waals surface area contributed by atoms with Gasteiger partial charge in [0, 0.05) is 16.1 Å². The van der Waals surface area contributed by atoms with Crippen LogP contribution in [0, 0.1) is 11.6 Å². The number of alkyl halides is 1. The minimum absolute atomic E-state index is 0.290. The smallest absolute Gasteiger partial charge is 0.126 e. The van der Waals surface area contributed by atoms with Crippen molar-refractivity contribution in [2.24, 2.45) is 0 Å². The fraction of sp³-hybridized carbons (Fsp3) is 0.0769. The van der Waals surface area contributed by atoms with E-state index in [1.807, 2.05) is 0 Å². The van der Waals surface area contributed by atoms with Gasteiger partial charge in [-0.25, -0.2) is 8.78 Å². The molecule has 0 saturated heterocycles. The Hall–Kier alpha value is -0.830. The van der Waals surface area contributed by atoms with Crippen LogP contribution < -0.4 is 0 Å². The fourth-order valence-electron chi connectivity index (χ4n) is 1.61. The highest BCUT2D eigenvalue weighted by atomic mass is 35.5. The van der Waals surface area contributed by atoms with Gasteiger partial charge in [0.15, 0.2) is 0 Å². The van der Waals surface area contributed by atoms with Crippen molar-refractivity contribution in [1.29, 1.82) is 0 Å². The van der Waals surface area contributed by atoms with Gasteiger partial charge in [-0.05, 0) is 41.5 Å². The average Bonchev–Trinajstić information content (AvgIpc) is 2.30. The van der Waals surface area contributed by atoms with E-state index >= 15 is 0 Å². The molecule has 1 atom stereocenters. The highest BCUT2D eigenvalue weighted by Crippen LogP contribution is 2.35. The third-order valence-corrected chi connectivity index (χ3v) is 3.48. The highest BCUT2D eigenvalue weighted by Gasteiger charge is 2.16. The Bertz CT molecular complexity index is 564. The summed E-state index contributed by atoms with van der Waals surface area (Å²) in [5, 5.41) is 0.0856. The van der Waals surface area contributed by atoms with E-state index in [9.17, 15) is 8.78 Å². The van der Waals surface area contributed by atoms with Crippen LogP contribution in [-0.2, 0) is 0 Å². The van der Waals surface area contributed by atoms with Gasteiger partial charge in [-0.15, -0.1) is 11.6 Å². The van der Waals surface area contributed by atoms with Crippen LogP contribution in [0.2, 0.25) is 10.0 Å². The van der Waals surface area contributed by atoms with Crippen molar-refractivity contribution in [2.75, 3.05) is 0 Å². The molecule has 18 heavy (non-hydrogen) atoms. The number of hydrogen-bond donors (Lipinski definition) is 0. The van der Waals surface area contributed by atoms with Crippen molar-refractivity contribution in [1.82, 2.24) is 0 Å². The Labute approximate surface area is 118 Å². The summed E-state index contributed by atoms with van der Waals surface area (Å²) in [5.41, 5.74) is 0.800. The van der Waals surface area contributed by atoms with Crippen LogP contribution in [0.5, 0.6) is 0 Å². The van der Waals surface area contributed by atoms with Crippen molar-refractivity contribution in [3.63, 3.8) is 0 Å². The second kappa shape index (κ2) is 5.43.